The molecule has 4 rings (SSSR count). The highest BCUT2D eigenvalue weighted by Crippen LogP contribution is 2.33. The van der Waals surface area contributed by atoms with Gasteiger partial charge in [0.2, 0.25) is 0 Å². The quantitative estimate of drug-likeness (QED) is 0.719. The number of hydrogen-bond donors (Lipinski definition) is 2. The Kier molecular flexibility index (Phi) is 4.71. The summed E-state index contributed by atoms with van der Waals surface area (Å²) >= 11 is 0. The molecule has 0 saturated heterocycles. The highest BCUT2D eigenvalue weighted by molar-refractivity contribution is 5.97. The number of nitrogens with zero attached hydrogens (tertiary/aromatic N) is 1. The lowest BCUT2D eigenvalue weighted by molar-refractivity contribution is 0.0934. The number of carbonyl (C=O) groups excluding carboxylic acids is 1. The van der Waals surface area contributed by atoms with Gasteiger partial charge in [-0.2, -0.15) is 0 Å². The SMILES string of the molecule is CCC[C@@H](NC(=O)c1ccc2nc(C)[nH]c2c1)c1ccc2c(c1)OCCO2. The van der Waals surface area contributed by atoms with Crippen LogP contribution in [-0.2, 0) is 0 Å². The van der Waals surface area contributed by atoms with E-state index < -0.39 is 0 Å². The first-order chi connectivity index (χ1) is 13.1. The fourth-order valence-electron chi connectivity index (χ4n) is 3.41. The van der Waals surface area contributed by atoms with Crippen LogP contribution < -0.4 is 14.8 Å². The standard InChI is InChI=1S/C21H23N3O3/c1-3-4-16(14-6-8-19-20(12-14)27-10-9-26-19)24-21(25)15-5-7-17-18(11-15)23-13(2)22-17/h5-8,11-12,16H,3-4,9-10H2,1-2H3,(H,22,23)(H,24,25)/t16-/m1/s1. The molecule has 1 aliphatic heterocycles. The lowest BCUT2D eigenvalue weighted by Crippen LogP contribution is -2.28. The van der Waals surface area contributed by atoms with Crippen LogP contribution in [0.4, 0.5) is 0 Å². The Bertz CT molecular complexity index is 980. The molecule has 3 aromatic rings. The van der Waals surface area contributed by atoms with E-state index in [4.69, 9.17) is 9.47 Å². The maximum Gasteiger partial charge on any atom is 0.251 e. The normalized spacial score (nSPS) is 14.1. The number of rotatable bonds is 5. The number of aryl methyl sites for hydroxylation is 1. The predicted octanol–water partition coefficient (Wildman–Crippen LogP) is 3.91. The van der Waals surface area contributed by atoms with E-state index in [0.717, 1.165) is 46.8 Å². The van der Waals surface area contributed by atoms with Gasteiger partial charge in [-0.3, -0.25) is 4.79 Å². The number of ether oxygens (including phenoxy) is 2. The van der Waals surface area contributed by atoms with Gasteiger partial charge in [-0.05, 0) is 49.2 Å². The zero-order chi connectivity index (χ0) is 18.8. The van der Waals surface area contributed by atoms with Crippen LogP contribution in [0.15, 0.2) is 36.4 Å². The Morgan fingerprint density at radius 1 is 1.19 bits per heavy atom. The minimum atomic E-state index is -0.0995. The van der Waals surface area contributed by atoms with Gasteiger partial charge >= 0.3 is 0 Å². The second-order valence-corrected chi connectivity index (χ2v) is 6.77. The van der Waals surface area contributed by atoms with E-state index in [9.17, 15) is 4.79 Å². The van der Waals surface area contributed by atoms with Crippen molar-refractivity contribution in [3.63, 3.8) is 0 Å². The van der Waals surface area contributed by atoms with Crippen LogP contribution in [0.25, 0.3) is 11.0 Å². The lowest BCUT2D eigenvalue weighted by Gasteiger charge is -2.23. The van der Waals surface area contributed by atoms with Crippen LogP contribution in [-0.4, -0.2) is 29.1 Å². The monoisotopic (exact) mass is 365 g/mol. The minimum Gasteiger partial charge on any atom is -0.486 e. The first-order valence-corrected chi connectivity index (χ1v) is 9.31. The van der Waals surface area contributed by atoms with Crippen molar-refractivity contribution in [3.05, 3.63) is 53.3 Å². The van der Waals surface area contributed by atoms with Gasteiger partial charge in [-0.1, -0.05) is 19.4 Å². The molecule has 140 valence electrons. The molecule has 2 N–H and O–H groups in total. The summed E-state index contributed by atoms with van der Waals surface area (Å²) < 4.78 is 11.3. The number of fused-ring (bicyclic) bond motifs is 2. The maximum atomic E-state index is 12.8. The second-order valence-electron chi connectivity index (χ2n) is 6.77. The highest BCUT2D eigenvalue weighted by atomic mass is 16.6. The van der Waals surface area contributed by atoms with E-state index in [2.05, 4.69) is 22.2 Å². The number of hydrogen-bond acceptors (Lipinski definition) is 4. The van der Waals surface area contributed by atoms with Crippen molar-refractivity contribution in [2.75, 3.05) is 13.2 Å². The summed E-state index contributed by atoms with van der Waals surface area (Å²) in [5.41, 5.74) is 3.37. The molecule has 2 heterocycles. The fraction of sp³-hybridized carbons (Fsp3) is 0.333. The first kappa shape index (κ1) is 17.4. The number of H-pyrrole nitrogens is 1. The number of amides is 1. The van der Waals surface area contributed by atoms with Crippen molar-refractivity contribution >= 4 is 16.9 Å². The molecule has 0 aliphatic carbocycles. The van der Waals surface area contributed by atoms with Gasteiger partial charge < -0.3 is 19.8 Å². The summed E-state index contributed by atoms with van der Waals surface area (Å²) in [6.45, 7) is 5.12. The summed E-state index contributed by atoms with van der Waals surface area (Å²) in [6, 6.07) is 11.3. The van der Waals surface area contributed by atoms with Gasteiger partial charge in [0.1, 0.15) is 19.0 Å². The fourth-order valence-corrected chi connectivity index (χ4v) is 3.41. The molecule has 1 aliphatic rings. The van der Waals surface area contributed by atoms with Crippen molar-refractivity contribution in [3.8, 4) is 11.5 Å². The number of aromatic nitrogens is 2. The van der Waals surface area contributed by atoms with Crippen LogP contribution in [0.3, 0.4) is 0 Å². The Labute approximate surface area is 157 Å². The van der Waals surface area contributed by atoms with E-state index in [1.807, 2.05) is 43.3 Å². The third-order valence-corrected chi connectivity index (χ3v) is 4.71. The highest BCUT2D eigenvalue weighted by Gasteiger charge is 2.19. The maximum absolute atomic E-state index is 12.8. The molecule has 1 aromatic heterocycles. The van der Waals surface area contributed by atoms with Gasteiger partial charge in [0.05, 0.1) is 17.1 Å². The summed E-state index contributed by atoms with van der Waals surface area (Å²) in [7, 11) is 0. The van der Waals surface area contributed by atoms with E-state index in [-0.39, 0.29) is 11.9 Å². The van der Waals surface area contributed by atoms with Gasteiger partial charge in [-0.15, -0.1) is 0 Å². The average molecular weight is 365 g/mol. The van der Waals surface area contributed by atoms with Crippen LogP contribution in [0.1, 0.15) is 47.6 Å². The molecule has 6 nitrogen and oxygen atoms in total. The molecule has 1 amide bonds. The third-order valence-electron chi connectivity index (χ3n) is 4.71. The Morgan fingerprint density at radius 3 is 2.81 bits per heavy atom. The van der Waals surface area contributed by atoms with Crippen molar-refractivity contribution < 1.29 is 14.3 Å². The van der Waals surface area contributed by atoms with Crippen molar-refractivity contribution in [2.45, 2.75) is 32.7 Å². The molecule has 0 radical (unpaired) electrons. The molecule has 0 bridgehead atoms. The average Bonchev–Trinajstić information content (AvgIpc) is 3.06. The molecular formula is C21H23N3O3. The van der Waals surface area contributed by atoms with Gasteiger partial charge in [-0.25, -0.2) is 4.98 Å². The van der Waals surface area contributed by atoms with Gasteiger partial charge in [0.15, 0.2) is 11.5 Å². The van der Waals surface area contributed by atoms with E-state index in [0.29, 0.717) is 18.8 Å². The topological polar surface area (TPSA) is 76.2 Å². The van der Waals surface area contributed by atoms with Crippen molar-refractivity contribution in [1.82, 2.24) is 15.3 Å². The number of nitrogens with one attached hydrogen (secondary N) is 2. The molecule has 2 aromatic carbocycles. The van der Waals surface area contributed by atoms with Crippen molar-refractivity contribution in [2.24, 2.45) is 0 Å². The third kappa shape index (κ3) is 3.60. The molecule has 0 spiro atoms. The number of benzene rings is 2. The Hall–Kier alpha value is -3.02. The van der Waals surface area contributed by atoms with Crippen molar-refractivity contribution in [1.29, 1.82) is 0 Å². The number of aromatic amines is 1. The lowest BCUT2D eigenvalue weighted by atomic mass is 10.0. The summed E-state index contributed by atoms with van der Waals surface area (Å²) in [4.78, 5) is 20.4. The van der Waals surface area contributed by atoms with Crippen LogP contribution in [0.5, 0.6) is 11.5 Å². The van der Waals surface area contributed by atoms with Crippen LogP contribution >= 0.6 is 0 Å². The summed E-state index contributed by atoms with van der Waals surface area (Å²) in [5, 5.41) is 3.16. The zero-order valence-corrected chi connectivity index (χ0v) is 15.5. The van der Waals surface area contributed by atoms with E-state index in [1.165, 1.54) is 0 Å². The molecule has 0 saturated carbocycles. The van der Waals surface area contributed by atoms with E-state index in [1.54, 1.807) is 0 Å². The van der Waals surface area contributed by atoms with Gasteiger partial charge in [0.25, 0.3) is 5.91 Å². The van der Waals surface area contributed by atoms with Gasteiger partial charge in [0, 0.05) is 5.56 Å². The molecule has 0 fully saturated rings. The largest absolute Gasteiger partial charge is 0.486 e. The van der Waals surface area contributed by atoms with E-state index >= 15 is 0 Å². The Morgan fingerprint density at radius 2 is 2.00 bits per heavy atom. The Balaban J connectivity index is 1.57. The van der Waals surface area contributed by atoms with Crippen LogP contribution in [0, 0.1) is 6.92 Å². The molecule has 0 unspecified atom stereocenters. The molecular weight excluding hydrogens is 342 g/mol. The second kappa shape index (κ2) is 7.31. The predicted molar refractivity (Wildman–Crippen MR) is 103 cm³/mol. The molecule has 1 atom stereocenters. The summed E-state index contributed by atoms with van der Waals surface area (Å²) in [6.07, 6.45) is 1.80. The molecule has 27 heavy (non-hydrogen) atoms. The smallest absolute Gasteiger partial charge is 0.251 e. The number of imidazole rings is 1. The molecule has 6 heteroatoms. The summed E-state index contributed by atoms with van der Waals surface area (Å²) in [5.74, 6) is 2.23. The zero-order valence-electron chi connectivity index (χ0n) is 15.5. The van der Waals surface area contributed by atoms with Crippen LogP contribution in [0.2, 0.25) is 0 Å². The minimum absolute atomic E-state index is 0.0856. The number of carbonyl (C=O) groups is 1. The first-order valence-electron chi connectivity index (χ1n) is 9.31.